The summed E-state index contributed by atoms with van der Waals surface area (Å²) in [5, 5.41) is 0. The minimum atomic E-state index is -0.118. The van der Waals surface area contributed by atoms with Gasteiger partial charge in [-0.2, -0.15) is 0 Å². The number of ether oxygens (including phenoxy) is 8. The summed E-state index contributed by atoms with van der Waals surface area (Å²) in [5.74, 6) is 3.25. The minimum Gasteiger partial charge on any atom is -0.491 e. The van der Waals surface area contributed by atoms with Gasteiger partial charge in [0.15, 0.2) is 0 Å². The summed E-state index contributed by atoms with van der Waals surface area (Å²) in [6.45, 7) is 7.49. The van der Waals surface area contributed by atoms with Crippen molar-refractivity contribution in [3.8, 4) is 45.3 Å². The van der Waals surface area contributed by atoms with Gasteiger partial charge in [0.25, 0.3) is 0 Å². The van der Waals surface area contributed by atoms with E-state index in [1.807, 2.05) is 55.5 Å². The SMILES string of the molecule is CC(COc1ccc(-c2ccc(OCCOCC3CO3)cc2)cc1)Oc1ccc(-c2ccc(OCCOCC3CO3)cc2)cc1. The summed E-state index contributed by atoms with van der Waals surface area (Å²) < 4.78 is 44.9. The molecule has 2 fully saturated rings. The smallest absolute Gasteiger partial charge is 0.130 e. The molecule has 0 spiro atoms. The lowest BCUT2D eigenvalue weighted by Gasteiger charge is -2.16. The van der Waals surface area contributed by atoms with Crippen LogP contribution < -0.4 is 18.9 Å². The molecule has 2 aliphatic heterocycles. The zero-order valence-electron chi connectivity index (χ0n) is 25.6. The number of hydrogen-bond donors (Lipinski definition) is 0. The van der Waals surface area contributed by atoms with E-state index >= 15 is 0 Å². The zero-order chi connectivity index (χ0) is 30.7. The highest BCUT2D eigenvalue weighted by Crippen LogP contribution is 2.27. The predicted molar refractivity (Wildman–Crippen MR) is 171 cm³/mol. The van der Waals surface area contributed by atoms with Gasteiger partial charge in [-0.05, 0) is 77.7 Å². The Hall–Kier alpha value is -4.08. The third kappa shape index (κ3) is 10.2. The Balaban J connectivity index is 0.892. The monoisotopic (exact) mass is 612 g/mol. The van der Waals surface area contributed by atoms with Crippen molar-refractivity contribution in [2.24, 2.45) is 0 Å². The van der Waals surface area contributed by atoms with Crippen LogP contribution in [-0.2, 0) is 18.9 Å². The molecule has 0 bridgehead atoms. The average molecular weight is 613 g/mol. The first-order valence-electron chi connectivity index (χ1n) is 15.5. The molecular weight excluding hydrogens is 572 g/mol. The van der Waals surface area contributed by atoms with Gasteiger partial charge in [-0.15, -0.1) is 0 Å². The average Bonchev–Trinajstić information content (AvgIpc) is 4.02. The van der Waals surface area contributed by atoms with Crippen molar-refractivity contribution >= 4 is 0 Å². The van der Waals surface area contributed by atoms with Crippen molar-refractivity contribution in [2.75, 3.05) is 59.5 Å². The fourth-order valence-corrected chi connectivity index (χ4v) is 4.63. The Bertz CT molecular complexity index is 1430. The molecule has 2 aliphatic rings. The van der Waals surface area contributed by atoms with Gasteiger partial charge in [-0.3, -0.25) is 0 Å². The molecule has 0 radical (unpaired) electrons. The number of epoxide rings is 2. The molecule has 0 aromatic heterocycles. The second-order valence-corrected chi connectivity index (χ2v) is 11.1. The van der Waals surface area contributed by atoms with Crippen LogP contribution in [0.2, 0.25) is 0 Å². The maximum Gasteiger partial charge on any atom is 0.130 e. The second-order valence-electron chi connectivity index (χ2n) is 11.1. The molecule has 4 aromatic carbocycles. The van der Waals surface area contributed by atoms with Crippen molar-refractivity contribution in [3.63, 3.8) is 0 Å². The van der Waals surface area contributed by atoms with E-state index in [1.165, 1.54) is 0 Å². The number of rotatable bonds is 19. The largest absolute Gasteiger partial charge is 0.491 e. The highest BCUT2D eigenvalue weighted by Gasteiger charge is 2.22. The molecule has 0 saturated carbocycles. The Morgan fingerprint density at radius 3 is 1.24 bits per heavy atom. The summed E-state index contributed by atoms with van der Waals surface area (Å²) in [4.78, 5) is 0. The van der Waals surface area contributed by atoms with Crippen molar-refractivity contribution in [2.45, 2.75) is 25.2 Å². The number of hydrogen-bond acceptors (Lipinski definition) is 8. The van der Waals surface area contributed by atoms with Gasteiger partial charge in [-0.1, -0.05) is 48.5 Å². The summed E-state index contributed by atoms with van der Waals surface area (Å²) in [6.07, 6.45) is 0.443. The Kier molecular flexibility index (Phi) is 10.8. The van der Waals surface area contributed by atoms with Crippen LogP contribution in [0.4, 0.5) is 0 Å². The molecule has 8 nitrogen and oxygen atoms in total. The van der Waals surface area contributed by atoms with Crippen LogP contribution in [0.25, 0.3) is 22.3 Å². The minimum absolute atomic E-state index is 0.118. The maximum atomic E-state index is 6.10. The third-order valence-corrected chi connectivity index (χ3v) is 7.31. The lowest BCUT2D eigenvalue weighted by atomic mass is 10.1. The predicted octanol–water partition coefficient (Wildman–Crippen LogP) is 6.46. The Labute approximate surface area is 264 Å². The molecule has 2 saturated heterocycles. The summed E-state index contributed by atoms with van der Waals surface area (Å²) in [6, 6.07) is 32.3. The second kappa shape index (κ2) is 15.8. The fourth-order valence-electron chi connectivity index (χ4n) is 4.63. The summed E-state index contributed by atoms with van der Waals surface area (Å²) in [7, 11) is 0. The molecule has 236 valence electrons. The van der Waals surface area contributed by atoms with Gasteiger partial charge in [0, 0.05) is 0 Å². The van der Waals surface area contributed by atoms with E-state index in [1.54, 1.807) is 0 Å². The maximum absolute atomic E-state index is 6.10. The van der Waals surface area contributed by atoms with E-state index in [0.29, 0.717) is 46.2 Å². The van der Waals surface area contributed by atoms with E-state index in [4.69, 9.17) is 37.9 Å². The lowest BCUT2D eigenvalue weighted by Crippen LogP contribution is -2.21. The zero-order valence-corrected chi connectivity index (χ0v) is 25.6. The molecule has 3 atom stereocenters. The van der Waals surface area contributed by atoms with Gasteiger partial charge in [-0.25, -0.2) is 0 Å². The van der Waals surface area contributed by atoms with Crippen molar-refractivity contribution in [1.29, 1.82) is 0 Å². The van der Waals surface area contributed by atoms with E-state index in [9.17, 15) is 0 Å². The first kappa shape index (κ1) is 30.9. The van der Waals surface area contributed by atoms with E-state index < -0.39 is 0 Å². The summed E-state index contributed by atoms with van der Waals surface area (Å²) >= 11 is 0. The quantitative estimate of drug-likeness (QED) is 0.0883. The van der Waals surface area contributed by atoms with Crippen LogP contribution in [0, 0.1) is 0 Å². The normalized spacial score (nSPS) is 17.4. The van der Waals surface area contributed by atoms with Crippen molar-refractivity contribution in [3.05, 3.63) is 97.1 Å². The van der Waals surface area contributed by atoms with Crippen molar-refractivity contribution < 1.29 is 37.9 Å². The molecule has 45 heavy (non-hydrogen) atoms. The highest BCUT2D eigenvalue weighted by molar-refractivity contribution is 5.65. The van der Waals surface area contributed by atoms with Crippen LogP contribution in [0.15, 0.2) is 97.1 Å². The van der Waals surface area contributed by atoms with Crippen LogP contribution in [0.1, 0.15) is 6.92 Å². The van der Waals surface area contributed by atoms with E-state index in [0.717, 1.165) is 58.5 Å². The third-order valence-electron chi connectivity index (χ3n) is 7.31. The highest BCUT2D eigenvalue weighted by atomic mass is 16.6. The molecular formula is C37H40O8. The van der Waals surface area contributed by atoms with E-state index in [2.05, 4.69) is 48.5 Å². The molecule has 2 heterocycles. The molecule has 8 heteroatoms. The van der Waals surface area contributed by atoms with E-state index in [-0.39, 0.29) is 18.3 Å². The van der Waals surface area contributed by atoms with Gasteiger partial charge in [0.05, 0.1) is 39.6 Å². The topological polar surface area (TPSA) is 80.4 Å². The number of benzene rings is 4. The molecule has 6 rings (SSSR count). The lowest BCUT2D eigenvalue weighted by molar-refractivity contribution is 0.0878. The molecule has 0 amide bonds. The van der Waals surface area contributed by atoms with Crippen molar-refractivity contribution in [1.82, 2.24) is 0 Å². The fraction of sp³-hybridized carbons (Fsp3) is 0.351. The van der Waals surface area contributed by atoms with Crippen LogP contribution in [0.3, 0.4) is 0 Å². The first-order chi connectivity index (χ1) is 22.2. The molecule has 0 aliphatic carbocycles. The van der Waals surface area contributed by atoms with Gasteiger partial charge >= 0.3 is 0 Å². The molecule has 0 N–H and O–H groups in total. The molecule has 4 aromatic rings. The van der Waals surface area contributed by atoms with Gasteiger partial charge in [0.2, 0.25) is 0 Å². The molecule has 3 unspecified atom stereocenters. The van der Waals surface area contributed by atoms with Gasteiger partial charge in [0.1, 0.15) is 61.1 Å². The van der Waals surface area contributed by atoms with Crippen LogP contribution in [0.5, 0.6) is 23.0 Å². The van der Waals surface area contributed by atoms with Crippen LogP contribution >= 0.6 is 0 Å². The van der Waals surface area contributed by atoms with Gasteiger partial charge < -0.3 is 37.9 Å². The Morgan fingerprint density at radius 2 is 0.867 bits per heavy atom. The standard InChI is InChI=1S/C37H40O8/c1-27(45-35-16-8-31(9-17-35)29-4-12-33(13-5-29)41-21-19-39-24-37-26-44-37)22-42-34-14-6-30(7-15-34)28-2-10-32(11-3-28)40-20-18-38-23-36-25-43-36/h2-17,27,36-37H,18-26H2,1H3. The Morgan fingerprint density at radius 1 is 0.511 bits per heavy atom. The van der Waals surface area contributed by atoms with Crippen LogP contribution in [-0.4, -0.2) is 77.8 Å². The first-order valence-corrected chi connectivity index (χ1v) is 15.5. The summed E-state index contributed by atoms with van der Waals surface area (Å²) in [5.41, 5.74) is 4.44.